The summed E-state index contributed by atoms with van der Waals surface area (Å²) in [7, 11) is 0. The van der Waals surface area contributed by atoms with Crippen molar-refractivity contribution in [3.05, 3.63) is 59.4 Å². The Kier molecular flexibility index (Phi) is 3.48. The second kappa shape index (κ2) is 5.43. The van der Waals surface area contributed by atoms with Crippen LogP contribution in [0.25, 0.3) is 0 Å². The third-order valence-corrected chi connectivity index (χ3v) is 3.54. The van der Waals surface area contributed by atoms with Crippen LogP contribution in [0, 0.1) is 6.92 Å². The van der Waals surface area contributed by atoms with Crippen LogP contribution in [0.5, 0.6) is 0 Å². The summed E-state index contributed by atoms with van der Waals surface area (Å²) in [4.78, 5) is 16.4. The fourth-order valence-electron chi connectivity index (χ4n) is 2.49. The van der Waals surface area contributed by atoms with Gasteiger partial charge in [-0.3, -0.25) is 9.78 Å². The van der Waals surface area contributed by atoms with E-state index < -0.39 is 0 Å². The molecule has 2 aromatic rings. The van der Waals surface area contributed by atoms with Crippen LogP contribution in [-0.4, -0.2) is 16.9 Å². The van der Waals surface area contributed by atoms with Gasteiger partial charge in [0.05, 0.1) is 17.9 Å². The summed E-state index contributed by atoms with van der Waals surface area (Å²) in [6, 6.07) is 9.96. The monoisotopic (exact) mass is 267 g/mol. The van der Waals surface area contributed by atoms with Crippen molar-refractivity contribution < 1.29 is 4.79 Å². The Balaban J connectivity index is 1.70. The molecule has 0 unspecified atom stereocenters. The van der Waals surface area contributed by atoms with Crippen molar-refractivity contribution in [2.24, 2.45) is 0 Å². The number of aryl methyl sites for hydroxylation is 1. The average molecular weight is 267 g/mol. The molecule has 0 spiro atoms. The largest absolute Gasteiger partial charge is 0.323 e. The first-order valence-corrected chi connectivity index (χ1v) is 6.75. The summed E-state index contributed by atoms with van der Waals surface area (Å²) >= 11 is 0. The molecule has 102 valence electrons. The molecule has 2 heterocycles. The number of nitrogens with zero attached hydrogens (tertiary/aromatic N) is 1. The SMILES string of the molecule is Cc1cncc(NC(=O)[C@H]2Cc3ccccc3CN2)c1. The van der Waals surface area contributed by atoms with E-state index in [4.69, 9.17) is 0 Å². The summed E-state index contributed by atoms with van der Waals surface area (Å²) in [5.74, 6) is -0.00750. The maximum Gasteiger partial charge on any atom is 0.241 e. The van der Waals surface area contributed by atoms with Crippen LogP contribution in [0.4, 0.5) is 5.69 Å². The number of amides is 1. The van der Waals surface area contributed by atoms with E-state index >= 15 is 0 Å². The van der Waals surface area contributed by atoms with Crippen molar-refractivity contribution in [1.29, 1.82) is 0 Å². The lowest BCUT2D eigenvalue weighted by Gasteiger charge is -2.25. The van der Waals surface area contributed by atoms with Gasteiger partial charge in [-0.15, -0.1) is 0 Å². The quantitative estimate of drug-likeness (QED) is 0.875. The van der Waals surface area contributed by atoms with Crippen LogP contribution in [0.3, 0.4) is 0 Å². The molecule has 4 nitrogen and oxygen atoms in total. The molecule has 1 aliphatic heterocycles. The molecule has 0 fully saturated rings. The zero-order valence-corrected chi connectivity index (χ0v) is 11.4. The molecule has 1 aromatic carbocycles. The maximum atomic E-state index is 12.3. The standard InChI is InChI=1S/C16H17N3O/c1-11-6-14(10-17-8-11)19-16(20)15-7-12-4-2-3-5-13(12)9-18-15/h2-6,8,10,15,18H,7,9H2,1H3,(H,19,20)/t15-/m1/s1. The molecular formula is C16H17N3O. The van der Waals surface area contributed by atoms with Crippen molar-refractivity contribution in [3.63, 3.8) is 0 Å². The maximum absolute atomic E-state index is 12.3. The number of hydrogen-bond acceptors (Lipinski definition) is 3. The molecule has 20 heavy (non-hydrogen) atoms. The lowest BCUT2D eigenvalue weighted by Crippen LogP contribution is -2.44. The van der Waals surface area contributed by atoms with E-state index in [2.05, 4.69) is 27.8 Å². The first-order valence-electron chi connectivity index (χ1n) is 6.75. The van der Waals surface area contributed by atoms with E-state index in [1.165, 1.54) is 11.1 Å². The van der Waals surface area contributed by atoms with Crippen LogP contribution >= 0.6 is 0 Å². The molecule has 0 aliphatic carbocycles. The minimum absolute atomic E-state index is 0.00750. The molecule has 1 amide bonds. The minimum atomic E-state index is -0.189. The minimum Gasteiger partial charge on any atom is -0.323 e. The van der Waals surface area contributed by atoms with Gasteiger partial charge in [0, 0.05) is 12.7 Å². The highest BCUT2D eigenvalue weighted by atomic mass is 16.2. The van der Waals surface area contributed by atoms with Gasteiger partial charge in [-0.2, -0.15) is 0 Å². The zero-order valence-electron chi connectivity index (χ0n) is 11.4. The molecule has 4 heteroatoms. The van der Waals surface area contributed by atoms with E-state index in [0.717, 1.165) is 24.2 Å². The first kappa shape index (κ1) is 12.8. The topological polar surface area (TPSA) is 54.0 Å². The molecule has 0 saturated heterocycles. The number of carbonyl (C=O) groups is 1. The van der Waals surface area contributed by atoms with Crippen molar-refractivity contribution in [2.75, 3.05) is 5.32 Å². The number of hydrogen-bond donors (Lipinski definition) is 2. The summed E-state index contributed by atoms with van der Waals surface area (Å²) < 4.78 is 0. The van der Waals surface area contributed by atoms with Gasteiger partial charge in [0.2, 0.25) is 5.91 Å². The van der Waals surface area contributed by atoms with Crippen LogP contribution in [0.1, 0.15) is 16.7 Å². The zero-order chi connectivity index (χ0) is 13.9. The van der Waals surface area contributed by atoms with Crippen molar-refractivity contribution >= 4 is 11.6 Å². The number of fused-ring (bicyclic) bond motifs is 1. The third-order valence-electron chi connectivity index (χ3n) is 3.54. The van der Waals surface area contributed by atoms with Crippen LogP contribution in [-0.2, 0) is 17.8 Å². The van der Waals surface area contributed by atoms with E-state index in [-0.39, 0.29) is 11.9 Å². The highest BCUT2D eigenvalue weighted by molar-refractivity contribution is 5.95. The highest BCUT2D eigenvalue weighted by Crippen LogP contribution is 2.17. The third kappa shape index (κ3) is 2.70. The lowest BCUT2D eigenvalue weighted by molar-refractivity contribution is -0.118. The summed E-state index contributed by atoms with van der Waals surface area (Å²) in [5.41, 5.74) is 4.29. The van der Waals surface area contributed by atoms with Crippen molar-refractivity contribution in [2.45, 2.75) is 25.9 Å². The Hall–Kier alpha value is -2.20. The van der Waals surface area contributed by atoms with E-state index in [1.807, 2.05) is 25.1 Å². The summed E-state index contributed by atoms with van der Waals surface area (Å²) in [6.45, 7) is 2.69. The smallest absolute Gasteiger partial charge is 0.241 e. The lowest BCUT2D eigenvalue weighted by atomic mass is 9.95. The van der Waals surface area contributed by atoms with Gasteiger partial charge in [-0.05, 0) is 36.1 Å². The summed E-state index contributed by atoms with van der Waals surface area (Å²) in [6.07, 6.45) is 4.16. The molecule has 0 bridgehead atoms. The Morgan fingerprint density at radius 2 is 2.10 bits per heavy atom. The van der Waals surface area contributed by atoms with Crippen molar-refractivity contribution in [1.82, 2.24) is 10.3 Å². The normalized spacial score (nSPS) is 17.4. The van der Waals surface area contributed by atoms with Crippen LogP contribution in [0.2, 0.25) is 0 Å². The Labute approximate surface area is 118 Å². The van der Waals surface area contributed by atoms with E-state index in [0.29, 0.717) is 0 Å². The van der Waals surface area contributed by atoms with Crippen LogP contribution < -0.4 is 10.6 Å². The molecule has 1 aromatic heterocycles. The molecule has 2 N–H and O–H groups in total. The molecule has 1 atom stereocenters. The Morgan fingerprint density at radius 3 is 2.90 bits per heavy atom. The number of benzene rings is 1. The fraction of sp³-hybridized carbons (Fsp3) is 0.250. The molecule has 0 radical (unpaired) electrons. The second-order valence-corrected chi connectivity index (χ2v) is 5.15. The molecule has 0 saturated carbocycles. The first-order chi connectivity index (χ1) is 9.72. The van der Waals surface area contributed by atoms with E-state index in [1.54, 1.807) is 12.4 Å². The van der Waals surface area contributed by atoms with Gasteiger partial charge in [-0.1, -0.05) is 24.3 Å². The number of pyridine rings is 1. The highest BCUT2D eigenvalue weighted by Gasteiger charge is 2.23. The van der Waals surface area contributed by atoms with Gasteiger partial charge in [0.25, 0.3) is 0 Å². The number of aromatic nitrogens is 1. The van der Waals surface area contributed by atoms with Crippen molar-refractivity contribution in [3.8, 4) is 0 Å². The predicted molar refractivity (Wildman–Crippen MR) is 78.4 cm³/mol. The number of anilines is 1. The van der Waals surface area contributed by atoms with E-state index in [9.17, 15) is 4.79 Å². The van der Waals surface area contributed by atoms with Gasteiger partial charge in [0.15, 0.2) is 0 Å². The second-order valence-electron chi connectivity index (χ2n) is 5.15. The number of nitrogens with one attached hydrogen (secondary N) is 2. The van der Waals surface area contributed by atoms with Gasteiger partial charge in [-0.25, -0.2) is 0 Å². The number of rotatable bonds is 2. The summed E-state index contributed by atoms with van der Waals surface area (Å²) in [5, 5.41) is 6.20. The molecular weight excluding hydrogens is 250 g/mol. The number of carbonyl (C=O) groups excluding carboxylic acids is 1. The molecule has 1 aliphatic rings. The van der Waals surface area contributed by atoms with Gasteiger partial charge >= 0.3 is 0 Å². The Bertz CT molecular complexity index is 639. The fourth-order valence-corrected chi connectivity index (χ4v) is 2.49. The van der Waals surface area contributed by atoms with Gasteiger partial charge in [0.1, 0.15) is 0 Å². The predicted octanol–water partition coefficient (Wildman–Crippen LogP) is 2.04. The van der Waals surface area contributed by atoms with Crippen LogP contribution in [0.15, 0.2) is 42.7 Å². The molecule has 3 rings (SSSR count). The average Bonchev–Trinajstić information content (AvgIpc) is 2.47. The van der Waals surface area contributed by atoms with Gasteiger partial charge < -0.3 is 10.6 Å². The Morgan fingerprint density at radius 1 is 1.30 bits per heavy atom.